The van der Waals surface area contributed by atoms with E-state index in [2.05, 4.69) is 26.2 Å². The van der Waals surface area contributed by atoms with Crippen LogP contribution < -0.4 is 34.9 Å². The number of hydrogen-bond acceptors (Lipinski definition) is 15. The van der Waals surface area contributed by atoms with Gasteiger partial charge in [0.05, 0.1) is 25.6 Å². The van der Waals surface area contributed by atoms with Crippen LogP contribution in [-0.2, 0) is 51.3 Å². The largest absolute Gasteiger partial charge is 0.493 e. The van der Waals surface area contributed by atoms with Gasteiger partial charge in [0.2, 0.25) is 17.6 Å². The maximum Gasteiger partial charge on any atom is 0.329 e. The van der Waals surface area contributed by atoms with E-state index in [1.54, 1.807) is 101 Å². The van der Waals surface area contributed by atoms with Crippen LogP contribution in [0.3, 0.4) is 0 Å². The van der Waals surface area contributed by atoms with Crippen molar-refractivity contribution in [2.24, 2.45) is 15.6 Å². The summed E-state index contributed by atoms with van der Waals surface area (Å²) in [4.78, 5) is 106. The first-order valence-electron chi connectivity index (χ1n) is 25.0. The summed E-state index contributed by atoms with van der Waals surface area (Å²) < 4.78 is 28.6. The fraction of sp³-hybridized carbons (Fsp3) is 0.418. The summed E-state index contributed by atoms with van der Waals surface area (Å²) >= 11 is 0. The standard InChI is InChI=1S/C55H63N7O13/c1-6-55(2,3)50(66)53(69)61-28-8-7-15-43(61)54(70)75-44(23-16-34-17-24-45(71-4)46(29-34)72-5)35-11-9-12-38(30-35)74-33-49(65)57-27-26-56-48(64)32-73-37-20-18-36(19-21-37)59-60-41-14-10-13-39-40(41)31-62(52(39)68)42-22-25-47(63)58-51(42)67/h9-14,17-21,24,29-30,42-44H,6-8,15-16,22-23,25-28,31-33H2,1-5H3,(H,56,64)(H,57,65)(H,58,63,67). The van der Waals surface area contributed by atoms with E-state index < -0.39 is 59.0 Å². The zero-order chi connectivity index (χ0) is 53.6. The number of nitrogens with one attached hydrogen (secondary N) is 3. The molecule has 4 aromatic rings. The molecular weight excluding hydrogens is 967 g/mol. The lowest BCUT2D eigenvalue weighted by molar-refractivity contribution is -0.164. The predicted molar refractivity (Wildman–Crippen MR) is 272 cm³/mol. The maximum absolute atomic E-state index is 14.0. The highest BCUT2D eigenvalue weighted by Gasteiger charge is 2.42. The Hall–Kier alpha value is -8.16. The van der Waals surface area contributed by atoms with Gasteiger partial charge in [-0.15, -0.1) is 0 Å². The molecule has 0 spiro atoms. The Morgan fingerprint density at radius 2 is 1.51 bits per heavy atom. The van der Waals surface area contributed by atoms with Gasteiger partial charge in [-0.25, -0.2) is 4.79 Å². The topological polar surface area (TPSA) is 250 Å². The van der Waals surface area contributed by atoms with E-state index in [4.69, 9.17) is 23.7 Å². The monoisotopic (exact) mass is 1030 g/mol. The number of Topliss-reactive ketones (excluding diaryl/α,β-unsaturated/α-hetero) is 1. The van der Waals surface area contributed by atoms with Crippen molar-refractivity contribution in [3.05, 3.63) is 107 Å². The first-order chi connectivity index (χ1) is 36.1. The number of nitrogens with zero attached hydrogens (tertiary/aromatic N) is 4. The van der Waals surface area contributed by atoms with E-state index in [1.165, 1.54) is 9.80 Å². The number of aryl methyl sites for hydroxylation is 1. The van der Waals surface area contributed by atoms with Crippen LogP contribution in [0, 0.1) is 5.41 Å². The zero-order valence-electron chi connectivity index (χ0n) is 42.8. The predicted octanol–water partition coefficient (Wildman–Crippen LogP) is 6.17. The maximum atomic E-state index is 14.0. The molecule has 3 unspecified atom stereocenters. The molecule has 2 saturated heterocycles. The van der Waals surface area contributed by atoms with Crippen LogP contribution in [0.15, 0.2) is 95.2 Å². The summed E-state index contributed by atoms with van der Waals surface area (Å²) in [6.07, 6.45) is 2.59. The van der Waals surface area contributed by atoms with E-state index in [1.807, 2.05) is 19.1 Å². The minimum absolute atomic E-state index is 0.109. The summed E-state index contributed by atoms with van der Waals surface area (Å²) in [5.74, 6) is -2.00. The van der Waals surface area contributed by atoms with E-state index in [0.717, 1.165) is 5.56 Å². The number of benzene rings is 4. The van der Waals surface area contributed by atoms with Gasteiger partial charge in [0.1, 0.15) is 29.7 Å². The van der Waals surface area contributed by atoms with Crippen molar-refractivity contribution < 1.29 is 62.0 Å². The van der Waals surface area contributed by atoms with Gasteiger partial charge in [0, 0.05) is 49.1 Å². The van der Waals surface area contributed by atoms with Crippen LogP contribution in [0.1, 0.15) is 98.9 Å². The van der Waals surface area contributed by atoms with Crippen LogP contribution in [0.5, 0.6) is 23.0 Å². The summed E-state index contributed by atoms with van der Waals surface area (Å²) in [6.45, 7) is 5.31. The highest BCUT2D eigenvalue weighted by molar-refractivity contribution is 6.38. The average molecular weight is 1030 g/mol. The summed E-state index contributed by atoms with van der Waals surface area (Å²) in [5.41, 5.74) is 2.63. The summed E-state index contributed by atoms with van der Waals surface area (Å²) in [6, 6.07) is 22.4. The zero-order valence-corrected chi connectivity index (χ0v) is 42.8. The highest BCUT2D eigenvalue weighted by Crippen LogP contribution is 2.36. The van der Waals surface area contributed by atoms with Gasteiger partial charge >= 0.3 is 5.97 Å². The van der Waals surface area contributed by atoms with Crippen LogP contribution in [0.4, 0.5) is 11.4 Å². The van der Waals surface area contributed by atoms with Crippen molar-refractivity contribution >= 4 is 58.6 Å². The van der Waals surface area contributed by atoms with Gasteiger partial charge in [-0.1, -0.05) is 45.0 Å². The number of carbonyl (C=O) groups is 8. The summed E-state index contributed by atoms with van der Waals surface area (Å²) in [5, 5.41) is 16.4. The van der Waals surface area contributed by atoms with Crippen LogP contribution in [0.2, 0.25) is 0 Å². The van der Waals surface area contributed by atoms with Crippen LogP contribution >= 0.6 is 0 Å². The molecule has 75 heavy (non-hydrogen) atoms. The molecule has 20 heteroatoms. The van der Waals surface area contributed by atoms with Crippen molar-refractivity contribution in [2.45, 2.75) is 96.9 Å². The number of hydrogen-bond donors (Lipinski definition) is 3. The Labute approximate surface area is 434 Å². The molecule has 20 nitrogen and oxygen atoms in total. The molecule has 396 valence electrons. The molecule has 3 atom stereocenters. The molecular formula is C55H63N7O13. The van der Waals surface area contributed by atoms with E-state index in [-0.39, 0.29) is 64.0 Å². The third-order valence-corrected chi connectivity index (χ3v) is 13.5. The lowest BCUT2D eigenvalue weighted by Gasteiger charge is -2.36. The van der Waals surface area contributed by atoms with Crippen molar-refractivity contribution in [1.82, 2.24) is 25.8 Å². The van der Waals surface area contributed by atoms with Crippen molar-refractivity contribution in [1.29, 1.82) is 0 Å². The number of azo groups is 1. The SMILES string of the molecule is CCC(C)(C)C(=O)C(=O)N1CCCCC1C(=O)OC(CCc1ccc(OC)c(OC)c1)c1cccc(OCC(=O)NCCNC(=O)COc2ccc(N=Nc3cccc4c3CN(C3CCC(=O)NC3=O)C4=O)cc2)c1. The van der Waals surface area contributed by atoms with Crippen LogP contribution in [-0.4, -0.2) is 116 Å². The van der Waals surface area contributed by atoms with Gasteiger partial charge in [-0.3, -0.25) is 38.9 Å². The second-order valence-electron chi connectivity index (χ2n) is 19.0. The minimum Gasteiger partial charge on any atom is -0.493 e. The molecule has 0 aromatic heterocycles. The second-order valence-corrected chi connectivity index (χ2v) is 19.0. The van der Waals surface area contributed by atoms with Crippen molar-refractivity contribution in [3.63, 3.8) is 0 Å². The normalized spacial score (nSPS) is 16.9. The van der Waals surface area contributed by atoms with E-state index in [0.29, 0.717) is 89.6 Å². The first-order valence-corrected chi connectivity index (χ1v) is 25.0. The molecule has 0 aliphatic carbocycles. The molecule has 6 amide bonds. The number of esters is 1. The number of ether oxygens (including phenoxy) is 5. The summed E-state index contributed by atoms with van der Waals surface area (Å²) in [7, 11) is 3.10. The van der Waals surface area contributed by atoms with E-state index in [9.17, 15) is 38.4 Å². The Bertz CT molecular complexity index is 2810. The Morgan fingerprint density at radius 3 is 2.20 bits per heavy atom. The molecule has 0 saturated carbocycles. The first kappa shape index (κ1) is 54.6. The van der Waals surface area contributed by atoms with Gasteiger partial charge in [-0.05, 0) is 117 Å². The van der Waals surface area contributed by atoms with Crippen LogP contribution in [0.25, 0.3) is 0 Å². The fourth-order valence-electron chi connectivity index (χ4n) is 8.84. The number of amides is 6. The molecule has 3 aliphatic heterocycles. The van der Waals surface area contributed by atoms with Gasteiger partial charge in [0.15, 0.2) is 24.7 Å². The highest BCUT2D eigenvalue weighted by atomic mass is 16.5. The molecule has 7 rings (SSSR count). The Balaban J connectivity index is 0.873. The molecule has 3 heterocycles. The third-order valence-electron chi connectivity index (χ3n) is 13.5. The van der Waals surface area contributed by atoms with E-state index >= 15 is 0 Å². The number of rotatable bonds is 23. The lowest BCUT2D eigenvalue weighted by atomic mass is 9.84. The second kappa shape index (κ2) is 25.2. The van der Waals surface area contributed by atoms with Crippen molar-refractivity contribution in [2.75, 3.05) is 47.1 Å². The number of carbonyl (C=O) groups excluding carboxylic acids is 8. The molecule has 0 radical (unpaired) electrons. The number of piperidine rings is 2. The Kier molecular flexibility index (Phi) is 18.3. The van der Waals surface area contributed by atoms with Gasteiger partial charge in [0.25, 0.3) is 23.6 Å². The molecule has 3 aliphatic rings. The minimum atomic E-state index is -0.931. The number of methoxy groups -OCH3 is 2. The molecule has 0 bridgehead atoms. The van der Waals surface area contributed by atoms with Gasteiger partial charge in [-0.2, -0.15) is 10.2 Å². The number of ketones is 1. The fourth-order valence-corrected chi connectivity index (χ4v) is 8.84. The molecule has 2 fully saturated rings. The average Bonchev–Trinajstić information content (AvgIpc) is 3.76. The smallest absolute Gasteiger partial charge is 0.329 e. The number of fused-ring (bicyclic) bond motifs is 1. The number of imide groups is 1. The lowest BCUT2D eigenvalue weighted by Crippen LogP contribution is -2.53. The van der Waals surface area contributed by atoms with Gasteiger partial charge < -0.3 is 44.1 Å². The quantitative estimate of drug-likeness (QED) is 0.0247. The third kappa shape index (κ3) is 13.9. The number of likely N-dealkylation sites (tertiary alicyclic amines) is 1. The van der Waals surface area contributed by atoms with Crippen molar-refractivity contribution in [3.8, 4) is 23.0 Å². The molecule has 4 aromatic carbocycles. The Morgan fingerprint density at radius 1 is 0.800 bits per heavy atom. The molecule has 3 N–H and O–H groups in total.